The number of carbonyl (C=O) groups is 1. The highest BCUT2D eigenvalue weighted by Gasteiger charge is 2.20. The standard InChI is InChI=1S/C12H21N3O3/c1-4-17-11(16)10-14-9(18-15-10)5-6-12(2,3)7-8-13/h4-8,13H2,1-3H3. The fourth-order valence-electron chi connectivity index (χ4n) is 1.60. The molecule has 0 fully saturated rings. The molecule has 2 N–H and O–H groups in total. The molecule has 0 aliphatic heterocycles. The van der Waals surface area contributed by atoms with Crippen molar-refractivity contribution in [3.8, 4) is 0 Å². The Hall–Kier alpha value is -1.43. The van der Waals surface area contributed by atoms with Crippen molar-refractivity contribution in [2.24, 2.45) is 11.1 Å². The van der Waals surface area contributed by atoms with E-state index in [1.807, 2.05) is 0 Å². The molecular weight excluding hydrogens is 234 g/mol. The number of hydrogen-bond acceptors (Lipinski definition) is 6. The molecule has 0 saturated carbocycles. The summed E-state index contributed by atoms with van der Waals surface area (Å²) in [4.78, 5) is 15.3. The lowest BCUT2D eigenvalue weighted by molar-refractivity contribution is 0.0508. The minimum absolute atomic E-state index is 0.0107. The van der Waals surface area contributed by atoms with Crippen LogP contribution in [0.15, 0.2) is 4.52 Å². The van der Waals surface area contributed by atoms with Crippen LogP contribution in [-0.2, 0) is 11.2 Å². The van der Waals surface area contributed by atoms with Gasteiger partial charge in [0, 0.05) is 6.42 Å². The predicted molar refractivity (Wildman–Crippen MR) is 66.0 cm³/mol. The van der Waals surface area contributed by atoms with E-state index in [0.717, 1.165) is 12.8 Å². The van der Waals surface area contributed by atoms with Gasteiger partial charge in [-0.25, -0.2) is 4.79 Å². The maximum atomic E-state index is 11.3. The summed E-state index contributed by atoms with van der Waals surface area (Å²) in [6.45, 7) is 6.97. The third kappa shape index (κ3) is 4.44. The number of esters is 1. The molecule has 1 aromatic heterocycles. The number of aryl methyl sites for hydroxylation is 1. The first-order valence-electron chi connectivity index (χ1n) is 6.18. The third-order valence-corrected chi connectivity index (χ3v) is 2.76. The van der Waals surface area contributed by atoms with E-state index in [1.54, 1.807) is 6.92 Å². The lowest BCUT2D eigenvalue weighted by atomic mass is 9.84. The number of rotatable bonds is 7. The average Bonchev–Trinajstić information content (AvgIpc) is 2.75. The molecule has 6 heteroatoms. The highest BCUT2D eigenvalue weighted by molar-refractivity contribution is 5.84. The summed E-state index contributed by atoms with van der Waals surface area (Å²) >= 11 is 0. The first-order chi connectivity index (χ1) is 8.48. The molecule has 0 unspecified atom stereocenters. The van der Waals surface area contributed by atoms with Gasteiger partial charge in [-0.05, 0) is 36.9 Å². The van der Waals surface area contributed by atoms with Crippen molar-refractivity contribution in [2.45, 2.75) is 40.0 Å². The van der Waals surface area contributed by atoms with Gasteiger partial charge < -0.3 is 15.0 Å². The number of nitrogens with two attached hydrogens (primary N) is 1. The highest BCUT2D eigenvalue weighted by Crippen LogP contribution is 2.25. The molecule has 1 aromatic rings. The monoisotopic (exact) mass is 255 g/mol. The van der Waals surface area contributed by atoms with Gasteiger partial charge >= 0.3 is 5.97 Å². The van der Waals surface area contributed by atoms with E-state index >= 15 is 0 Å². The van der Waals surface area contributed by atoms with Crippen molar-refractivity contribution in [3.05, 3.63) is 11.7 Å². The van der Waals surface area contributed by atoms with E-state index in [0.29, 0.717) is 25.5 Å². The molecular formula is C12H21N3O3. The molecule has 0 saturated heterocycles. The number of aromatic nitrogens is 2. The smallest absolute Gasteiger partial charge is 0.379 e. The Labute approximate surface area is 107 Å². The Morgan fingerprint density at radius 3 is 2.78 bits per heavy atom. The van der Waals surface area contributed by atoms with E-state index in [4.69, 9.17) is 15.0 Å². The fraction of sp³-hybridized carbons (Fsp3) is 0.750. The van der Waals surface area contributed by atoms with E-state index < -0.39 is 5.97 Å². The van der Waals surface area contributed by atoms with Gasteiger partial charge in [0.25, 0.3) is 5.82 Å². The van der Waals surface area contributed by atoms with Crippen molar-refractivity contribution >= 4 is 5.97 Å². The fourth-order valence-corrected chi connectivity index (χ4v) is 1.60. The van der Waals surface area contributed by atoms with Crippen LogP contribution in [0.3, 0.4) is 0 Å². The zero-order valence-electron chi connectivity index (χ0n) is 11.2. The van der Waals surface area contributed by atoms with Gasteiger partial charge in [0.1, 0.15) is 0 Å². The summed E-state index contributed by atoms with van der Waals surface area (Å²) in [6, 6.07) is 0. The summed E-state index contributed by atoms with van der Waals surface area (Å²) < 4.78 is 9.80. The molecule has 18 heavy (non-hydrogen) atoms. The van der Waals surface area contributed by atoms with Crippen LogP contribution in [0.25, 0.3) is 0 Å². The average molecular weight is 255 g/mol. The summed E-state index contributed by atoms with van der Waals surface area (Å²) in [5, 5.41) is 3.60. The van der Waals surface area contributed by atoms with E-state index in [9.17, 15) is 4.79 Å². The molecule has 0 aliphatic rings. The van der Waals surface area contributed by atoms with Crippen molar-refractivity contribution in [1.29, 1.82) is 0 Å². The van der Waals surface area contributed by atoms with E-state index in [1.165, 1.54) is 0 Å². The number of ether oxygens (including phenoxy) is 1. The number of nitrogens with zero attached hydrogens (tertiary/aromatic N) is 2. The van der Waals surface area contributed by atoms with Gasteiger partial charge in [0.2, 0.25) is 5.89 Å². The van der Waals surface area contributed by atoms with Crippen molar-refractivity contribution in [1.82, 2.24) is 10.1 Å². The molecule has 0 amide bonds. The van der Waals surface area contributed by atoms with Crippen molar-refractivity contribution in [2.75, 3.05) is 13.2 Å². The Kier molecular flexibility index (Phi) is 5.27. The summed E-state index contributed by atoms with van der Waals surface area (Å²) in [6.07, 6.45) is 2.46. The quantitative estimate of drug-likeness (QED) is 0.743. The van der Waals surface area contributed by atoms with Gasteiger partial charge in [-0.1, -0.05) is 13.8 Å². The molecule has 6 nitrogen and oxygen atoms in total. The van der Waals surface area contributed by atoms with Gasteiger partial charge in [-0.3, -0.25) is 0 Å². The molecule has 0 aliphatic carbocycles. The lowest BCUT2D eigenvalue weighted by Crippen LogP contribution is -2.18. The molecule has 0 radical (unpaired) electrons. The van der Waals surface area contributed by atoms with Crippen LogP contribution >= 0.6 is 0 Å². The Bertz CT molecular complexity index is 388. The summed E-state index contributed by atoms with van der Waals surface area (Å²) in [5.74, 6) is -0.0969. The van der Waals surface area contributed by atoms with Crippen LogP contribution in [0.5, 0.6) is 0 Å². The first-order valence-corrected chi connectivity index (χ1v) is 6.18. The largest absolute Gasteiger partial charge is 0.460 e. The number of hydrogen-bond donors (Lipinski definition) is 1. The maximum Gasteiger partial charge on any atom is 0.379 e. The van der Waals surface area contributed by atoms with Crippen LogP contribution in [0.2, 0.25) is 0 Å². The molecule has 0 spiro atoms. The summed E-state index contributed by atoms with van der Waals surface area (Å²) in [5.41, 5.74) is 5.68. The van der Waals surface area contributed by atoms with Crippen LogP contribution in [0.1, 0.15) is 50.1 Å². The first kappa shape index (κ1) is 14.6. The lowest BCUT2D eigenvalue weighted by Gasteiger charge is -2.22. The summed E-state index contributed by atoms with van der Waals surface area (Å²) in [7, 11) is 0. The zero-order valence-corrected chi connectivity index (χ0v) is 11.2. The normalized spacial score (nSPS) is 11.6. The van der Waals surface area contributed by atoms with Gasteiger partial charge in [0.15, 0.2) is 0 Å². The second kappa shape index (κ2) is 6.49. The Morgan fingerprint density at radius 1 is 1.44 bits per heavy atom. The minimum atomic E-state index is -0.547. The molecule has 102 valence electrons. The van der Waals surface area contributed by atoms with Crippen molar-refractivity contribution in [3.63, 3.8) is 0 Å². The molecule has 0 atom stereocenters. The van der Waals surface area contributed by atoms with Gasteiger partial charge in [-0.2, -0.15) is 4.98 Å². The van der Waals surface area contributed by atoms with Crippen LogP contribution in [0, 0.1) is 5.41 Å². The SMILES string of the molecule is CCOC(=O)c1noc(CCC(C)(C)CCN)n1. The van der Waals surface area contributed by atoms with Crippen LogP contribution < -0.4 is 5.73 Å². The predicted octanol–water partition coefficient (Wildman–Crippen LogP) is 1.55. The van der Waals surface area contributed by atoms with E-state index in [2.05, 4.69) is 24.0 Å². The zero-order chi connectivity index (χ0) is 13.6. The molecule has 0 aromatic carbocycles. The number of carbonyl (C=O) groups excluding carboxylic acids is 1. The van der Waals surface area contributed by atoms with Gasteiger partial charge in [0.05, 0.1) is 6.61 Å². The minimum Gasteiger partial charge on any atom is -0.460 e. The van der Waals surface area contributed by atoms with E-state index in [-0.39, 0.29) is 11.2 Å². The second-order valence-electron chi connectivity index (χ2n) is 4.94. The van der Waals surface area contributed by atoms with Crippen molar-refractivity contribution < 1.29 is 14.1 Å². The topological polar surface area (TPSA) is 91.2 Å². The molecule has 1 heterocycles. The third-order valence-electron chi connectivity index (χ3n) is 2.76. The van der Waals surface area contributed by atoms with Crippen LogP contribution in [-0.4, -0.2) is 29.3 Å². The molecule has 0 bridgehead atoms. The maximum absolute atomic E-state index is 11.3. The second-order valence-corrected chi connectivity index (χ2v) is 4.94. The Morgan fingerprint density at radius 2 is 2.17 bits per heavy atom. The molecule has 1 rings (SSSR count). The van der Waals surface area contributed by atoms with Crippen LogP contribution in [0.4, 0.5) is 0 Å². The highest BCUT2D eigenvalue weighted by atomic mass is 16.5. The Balaban J connectivity index is 2.51. The van der Waals surface area contributed by atoms with Gasteiger partial charge in [-0.15, -0.1) is 0 Å².